The number of aliphatic hydroxyl groups excluding tert-OH is 1. The molecule has 2 heterocycles. The van der Waals surface area contributed by atoms with E-state index in [0.717, 1.165) is 5.56 Å². The Labute approximate surface area is 133 Å². The van der Waals surface area contributed by atoms with Gasteiger partial charge in [-0.2, -0.15) is 0 Å². The number of hydrogen-bond acceptors (Lipinski definition) is 5. The summed E-state index contributed by atoms with van der Waals surface area (Å²) < 4.78 is 7.00. The zero-order chi connectivity index (χ0) is 16.2. The number of phenols is 1. The molecule has 1 aromatic carbocycles. The minimum atomic E-state index is -0.648. The summed E-state index contributed by atoms with van der Waals surface area (Å²) in [7, 11) is 0. The van der Waals surface area contributed by atoms with E-state index in [-0.39, 0.29) is 5.75 Å². The van der Waals surface area contributed by atoms with Crippen molar-refractivity contribution in [2.45, 2.75) is 19.6 Å². The molecule has 0 bridgehead atoms. The van der Waals surface area contributed by atoms with E-state index in [9.17, 15) is 10.2 Å². The van der Waals surface area contributed by atoms with Crippen LogP contribution in [0, 0.1) is 11.8 Å². The number of hydrogen-bond donors (Lipinski definition) is 2. The summed E-state index contributed by atoms with van der Waals surface area (Å²) in [6.45, 7) is 2.11. The Morgan fingerprint density at radius 1 is 1.26 bits per heavy atom. The minimum Gasteiger partial charge on any atom is -0.508 e. The number of benzene rings is 1. The first kappa shape index (κ1) is 14.9. The highest BCUT2D eigenvalue weighted by molar-refractivity contribution is 5.41. The number of rotatable bonds is 3. The number of aromatic nitrogens is 3. The lowest BCUT2D eigenvalue weighted by Crippen LogP contribution is -2.07. The summed E-state index contributed by atoms with van der Waals surface area (Å²) in [5, 5.41) is 22.8. The molecule has 1 atom stereocenters. The van der Waals surface area contributed by atoms with E-state index in [1.165, 1.54) is 0 Å². The zero-order valence-electron chi connectivity index (χ0n) is 12.5. The molecule has 2 N–H and O–H groups in total. The summed E-state index contributed by atoms with van der Waals surface area (Å²) in [5.74, 6) is 7.04. The van der Waals surface area contributed by atoms with Crippen molar-refractivity contribution in [3.63, 3.8) is 0 Å². The fourth-order valence-electron chi connectivity index (χ4n) is 2.12. The fourth-order valence-corrected chi connectivity index (χ4v) is 2.12. The highest BCUT2D eigenvalue weighted by Gasteiger charge is 2.10. The first-order valence-electron chi connectivity index (χ1n) is 7.07. The molecule has 0 aliphatic carbocycles. The van der Waals surface area contributed by atoms with E-state index in [0.29, 0.717) is 23.8 Å². The maximum absolute atomic E-state index is 9.64. The zero-order valence-corrected chi connectivity index (χ0v) is 12.5. The molecule has 2 aromatic heterocycles. The molecule has 116 valence electrons. The van der Waals surface area contributed by atoms with Crippen LogP contribution < -0.4 is 0 Å². The quantitative estimate of drug-likeness (QED) is 0.724. The fraction of sp³-hybridized carbons (Fsp3) is 0.176. The van der Waals surface area contributed by atoms with Crippen LogP contribution >= 0.6 is 0 Å². The molecule has 0 radical (unpaired) electrons. The molecule has 6 nitrogen and oxygen atoms in total. The molecule has 23 heavy (non-hydrogen) atoms. The Morgan fingerprint density at radius 3 is 2.78 bits per heavy atom. The molecule has 0 unspecified atom stereocenters. The first-order valence-corrected chi connectivity index (χ1v) is 7.07. The van der Waals surface area contributed by atoms with Gasteiger partial charge >= 0.3 is 0 Å². The molecule has 0 fully saturated rings. The van der Waals surface area contributed by atoms with Gasteiger partial charge in [0.15, 0.2) is 0 Å². The molecule has 0 aliphatic heterocycles. The molecular formula is C17H15N3O3. The van der Waals surface area contributed by atoms with Crippen LogP contribution in [0.25, 0.3) is 0 Å². The summed E-state index contributed by atoms with van der Waals surface area (Å²) in [6.07, 6.45) is 2.76. The Kier molecular flexibility index (Phi) is 4.13. The van der Waals surface area contributed by atoms with E-state index in [1.54, 1.807) is 54.2 Å². The third-order valence-electron chi connectivity index (χ3n) is 3.21. The molecule has 3 rings (SSSR count). The van der Waals surface area contributed by atoms with E-state index in [2.05, 4.69) is 22.0 Å². The molecule has 0 saturated carbocycles. The van der Waals surface area contributed by atoms with E-state index < -0.39 is 6.10 Å². The lowest BCUT2D eigenvalue weighted by atomic mass is 10.2. The molecule has 6 heteroatoms. The average molecular weight is 309 g/mol. The summed E-state index contributed by atoms with van der Waals surface area (Å²) in [6, 6.07) is 8.35. The van der Waals surface area contributed by atoms with Gasteiger partial charge in [0, 0.05) is 24.0 Å². The topological polar surface area (TPSA) is 84.3 Å². The molecule has 0 saturated heterocycles. The van der Waals surface area contributed by atoms with Gasteiger partial charge in [0.25, 0.3) is 0 Å². The van der Waals surface area contributed by atoms with E-state index in [1.807, 2.05) is 0 Å². The van der Waals surface area contributed by atoms with Crippen LogP contribution in [0.15, 0.2) is 47.2 Å². The second-order valence-corrected chi connectivity index (χ2v) is 5.07. The number of nitrogens with zero attached hydrogens (tertiary/aromatic N) is 3. The van der Waals surface area contributed by atoms with Gasteiger partial charge in [0.1, 0.15) is 23.4 Å². The highest BCUT2D eigenvalue weighted by Crippen LogP contribution is 2.13. The third-order valence-corrected chi connectivity index (χ3v) is 3.21. The normalized spacial score (nSPS) is 11.7. The van der Waals surface area contributed by atoms with Gasteiger partial charge in [-0.1, -0.05) is 11.1 Å². The van der Waals surface area contributed by atoms with Crippen molar-refractivity contribution in [1.82, 2.24) is 14.7 Å². The van der Waals surface area contributed by atoms with Crippen molar-refractivity contribution in [1.29, 1.82) is 0 Å². The predicted octanol–water partition coefficient (Wildman–Crippen LogP) is 2.08. The van der Waals surface area contributed by atoms with Gasteiger partial charge in [0.05, 0.1) is 6.54 Å². The number of aliphatic hydroxyl groups is 1. The Bertz CT molecular complexity index is 851. The third kappa shape index (κ3) is 3.59. The number of aromatic hydroxyl groups is 1. The van der Waals surface area contributed by atoms with Gasteiger partial charge in [-0.15, -0.1) is 0 Å². The second-order valence-electron chi connectivity index (χ2n) is 5.07. The number of imidazole rings is 1. The minimum absolute atomic E-state index is 0.201. The molecule has 3 aromatic rings. The van der Waals surface area contributed by atoms with Gasteiger partial charge in [-0.25, -0.2) is 4.98 Å². The molecule has 0 aliphatic rings. The monoisotopic (exact) mass is 309 g/mol. The van der Waals surface area contributed by atoms with Crippen LogP contribution in [0.2, 0.25) is 0 Å². The Balaban J connectivity index is 1.74. The van der Waals surface area contributed by atoms with Crippen LogP contribution in [0.4, 0.5) is 0 Å². The first-order chi connectivity index (χ1) is 11.1. The lowest BCUT2D eigenvalue weighted by Gasteiger charge is -2.07. The van der Waals surface area contributed by atoms with E-state index >= 15 is 0 Å². The summed E-state index contributed by atoms with van der Waals surface area (Å²) in [5.41, 5.74) is 1.46. The van der Waals surface area contributed by atoms with Crippen molar-refractivity contribution >= 4 is 0 Å². The standard InChI is InChI=1S/C17H15N3O3/c1-12(21)17-18-8-9-20(17)11-14-10-16(23-19-14)7-4-13-2-5-15(22)6-3-13/h2-3,5-6,8-10,12,21-22H,11H2,1H3/t12-/m0/s1. The van der Waals surface area contributed by atoms with Crippen molar-refractivity contribution < 1.29 is 14.7 Å². The van der Waals surface area contributed by atoms with Gasteiger partial charge in [-0.3, -0.25) is 0 Å². The molecular weight excluding hydrogens is 294 g/mol. The lowest BCUT2D eigenvalue weighted by molar-refractivity contribution is 0.184. The van der Waals surface area contributed by atoms with Gasteiger partial charge in [0.2, 0.25) is 5.76 Å². The maximum atomic E-state index is 9.64. The largest absolute Gasteiger partial charge is 0.508 e. The van der Waals surface area contributed by atoms with Crippen LogP contribution in [0.5, 0.6) is 5.75 Å². The van der Waals surface area contributed by atoms with E-state index in [4.69, 9.17) is 4.52 Å². The maximum Gasteiger partial charge on any atom is 0.210 e. The SMILES string of the molecule is C[C@H](O)c1nccn1Cc1cc(C#Cc2ccc(O)cc2)on1. The van der Waals surface area contributed by atoms with Crippen molar-refractivity contribution in [2.24, 2.45) is 0 Å². The second kappa shape index (κ2) is 6.38. The molecule has 0 spiro atoms. The highest BCUT2D eigenvalue weighted by atomic mass is 16.5. The average Bonchev–Trinajstić information content (AvgIpc) is 3.16. The van der Waals surface area contributed by atoms with Crippen LogP contribution in [0.1, 0.15) is 35.9 Å². The Morgan fingerprint density at radius 2 is 2.04 bits per heavy atom. The summed E-state index contributed by atoms with van der Waals surface area (Å²) >= 11 is 0. The summed E-state index contributed by atoms with van der Waals surface area (Å²) in [4.78, 5) is 4.11. The van der Waals surface area contributed by atoms with Gasteiger partial charge < -0.3 is 19.3 Å². The number of phenolic OH excluding ortho intramolecular Hbond substituents is 1. The van der Waals surface area contributed by atoms with Crippen LogP contribution in [0.3, 0.4) is 0 Å². The van der Waals surface area contributed by atoms with Crippen LogP contribution in [-0.4, -0.2) is 24.9 Å². The van der Waals surface area contributed by atoms with Crippen molar-refractivity contribution in [2.75, 3.05) is 0 Å². The van der Waals surface area contributed by atoms with Crippen LogP contribution in [-0.2, 0) is 6.54 Å². The van der Waals surface area contributed by atoms with Crippen molar-refractivity contribution in [3.8, 4) is 17.6 Å². The Hall–Kier alpha value is -3.04. The van der Waals surface area contributed by atoms with Crippen molar-refractivity contribution in [3.05, 3.63) is 65.6 Å². The van der Waals surface area contributed by atoms with Gasteiger partial charge in [-0.05, 0) is 37.1 Å². The smallest absolute Gasteiger partial charge is 0.210 e. The molecule has 0 amide bonds. The predicted molar refractivity (Wildman–Crippen MR) is 82.6 cm³/mol.